The normalized spacial score (nSPS) is 15.6. The minimum Gasteiger partial charge on any atom is -0.479 e. The number of carboxylic acids is 1. The van der Waals surface area contributed by atoms with Gasteiger partial charge in [-0.3, -0.25) is 4.68 Å². The van der Waals surface area contributed by atoms with E-state index < -0.39 is 29.9 Å². The molecule has 17 heavy (non-hydrogen) atoms. The summed E-state index contributed by atoms with van der Waals surface area (Å²) in [5.41, 5.74) is -3.25. The summed E-state index contributed by atoms with van der Waals surface area (Å²) in [4.78, 5) is 10.6. The zero-order valence-corrected chi connectivity index (χ0v) is 9.12. The second-order valence-electron chi connectivity index (χ2n) is 3.90. The maximum atomic E-state index is 12.3. The number of aliphatic carboxylic acids is 1. The number of rotatable bonds is 3. The largest absolute Gasteiger partial charge is 0.479 e. The highest BCUT2D eigenvalue weighted by Gasteiger charge is 2.37. The highest BCUT2D eigenvalue weighted by molar-refractivity contribution is 5.76. The number of hydrogen-bond donors (Lipinski definition) is 2. The maximum Gasteiger partial charge on any atom is 0.435 e. The maximum absolute atomic E-state index is 12.3. The molecular formula is C9H11F3N2O3. The first-order chi connectivity index (χ1) is 7.54. The number of aliphatic hydroxyl groups is 1. The van der Waals surface area contributed by atoms with Crippen molar-refractivity contribution in [2.24, 2.45) is 7.05 Å². The fraction of sp³-hybridized carbons (Fsp3) is 0.556. The molecule has 1 aromatic rings. The number of aryl methyl sites for hydroxylation is 1. The van der Waals surface area contributed by atoms with Crippen LogP contribution in [-0.2, 0) is 24.4 Å². The molecular weight excluding hydrogens is 241 g/mol. The van der Waals surface area contributed by atoms with Crippen molar-refractivity contribution in [2.45, 2.75) is 25.1 Å². The first kappa shape index (κ1) is 13.5. The van der Waals surface area contributed by atoms with Crippen molar-refractivity contribution in [3.8, 4) is 0 Å². The smallest absolute Gasteiger partial charge is 0.435 e. The average molecular weight is 252 g/mol. The van der Waals surface area contributed by atoms with E-state index in [0.717, 1.165) is 17.7 Å². The lowest BCUT2D eigenvalue weighted by Crippen LogP contribution is -2.37. The molecule has 1 unspecified atom stereocenters. The van der Waals surface area contributed by atoms with Gasteiger partial charge in [0.1, 0.15) is 0 Å². The lowest BCUT2D eigenvalue weighted by Gasteiger charge is -2.17. The van der Waals surface area contributed by atoms with Crippen LogP contribution in [0.5, 0.6) is 0 Å². The van der Waals surface area contributed by atoms with Gasteiger partial charge in [-0.05, 0) is 13.0 Å². The number of carbonyl (C=O) groups is 1. The molecule has 0 aromatic carbocycles. The number of carboxylic acid groups (broad SMARTS) is 1. The third-order valence-electron chi connectivity index (χ3n) is 2.25. The number of nitrogens with zero attached hydrogens (tertiary/aromatic N) is 2. The predicted octanol–water partition coefficient (Wildman–Crippen LogP) is 0.817. The number of hydrogen-bond acceptors (Lipinski definition) is 3. The van der Waals surface area contributed by atoms with Crippen LogP contribution in [0, 0.1) is 0 Å². The van der Waals surface area contributed by atoms with Crippen molar-refractivity contribution in [2.75, 3.05) is 0 Å². The van der Waals surface area contributed by atoms with Gasteiger partial charge >= 0.3 is 12.1 Å². The van der Waals surface area contributed by atoms with Gasteiger partial charge in [-0.2, -0.15) is 18.3 Å². The Balaban J connectivity index is 3.02. The van der Waals surface area contributed by atoms with Crippen LogP contribution in [0.3, 0.4) is 0 Å². The summed E-state index contributed by atoms with van der Waals surface area (Å²) in [5, 5.41) is 21.3. The second-order valence-corrected chi connectivity index (χ2v) is 3.90. The molecule has 0 amide bonds. The van der Waals surface area contributed by atoms with Crippen LogP contribution in [0.15, 0.2) is 6.07 Å². The summed E-state index contributed by atoms with van der Waals surface area (Å²) >= 11 is 0. The van der Waals surface area contributed by atoms with Crippen molar-refractivity contribution in [3.63, 3.8) is 0 Å². The molecule has 1 aromatic heterocycles. The fourth-order valence-corrected chi connectivity index (χ4v) is 1.24. The van der Waals surface area contributed by atoms with Gasteiger partial charge in [-0.1, -0.05) is 0 Å². The van der Waals surface area contributed by atoms with Crippen molar-refractivity contribution in [1.82, 2.24) is 9.78 Å². The van der Waals surface area contributed by atoms with Crippen LogP contribution in [0.4, 0.5) is 13.2 Å². The van der Waals surface area contributed by atoms with Gasteiger partial charge in [0, 0.05) is 19.2 Å². The Bertz CT molecular complexity index is 437. The summed E-state index contributed by atoms with van der Waals surface area (Å²) < 4.78 is 37.9. The molecule has 1 heterocycles. The molecule has 0 aliphatic carbocycles. The Hall–Kier alpha value is -1.57. The van der Waals surface area contributed by atoms with Gasteiger partial charge in [-0.25, -0.2) is 4.79 Å². The first-order valence-electron chi connectivity index (χ1n) is 4.60. The third-order valence-corrected chi connectivity index (χ3v) is 2.25. The molecule has 0 aliphatic heterocycles. The quantitative estimate of drug-likeness (QED) is 0.835. The topological polar surface area (TPSA) is 75.3 Å². The summed E-state index contributed by atoms with van der Waals surface area (Å²) in [6, 6.07) is 0.720. The van der Waals surface area contributed by atoms with E-state index in [9.17, 15) is 23.1 Å². The van der Waals surface area contributed by atoms with Crippen LogP contribution < -0.4 is 0 Å². The van der Waals surface area contributed by atoms with Gasteiger partial charge in [0.2, 0.25) is 0 Å². The summed E-state index contributed by atoms with van der Waals surface area (Å²) in [7, 11) is 1.25. The molecule has 96 valence electrons. The van der Waals surface area contributed by atoms with Crippen LogP contribution in [-0.4, -0.2) is 31.6 Å². The Morgan fingerprint density at radius 1 is 1.53 bits per heavy atom. The summed E-state index contributed by atoms with van der Waals surface area (Å²) in [5.74, 6) is -1.51. The third kappa shape index (κ3) is 2.96. The second kappa shape index (κ2) is 4.02. The van der Waals surface area contributed by atoms with Crippen LogP contribution in [0.1, 0.15) is 18.3 Å². The fourth-order valence-electron chi connectivity index (χ4n) is 1.24. The standard InChI is InChI=1S/C9H11F3N2O3/c1-8(17,7(15)16)4-5-3-6(9(10,11)12)13-14(5)2/h3,17H,4H2,1-2H3,(H,15,16). The zero-order valence-electron chi connectivity index (χ0n) is 9.12. The van der Waals surface area contributed by atoms with Crippen LogP contribution in [0.25, 0.3) is 0 Å². The van der Waals surface area contributed by atoms with Crippen LogP contribution >= 0.6 is 0 Å². The minimum absolute atomic E-state index is 0.00951. The highest BCUT2D eigenvalue weighted by atomic mass is 19.4. The van der Waals surface area contributed by atoms with Crippen molar-refractivity contribution >= 4 is 5.97 Å². The first-order valence-corrected chi connectivity index (χ1v) is 4.60. The van der Waals surface area contributed by atoms with Crippen molar-refractivity contribution in [1.29, 1.82) is 0 Å². The van der Waals surface area contributed by atoms with Gasteiger partial charge in [0.05, 0.1) is 0 Å². The summed E-state index contributed by atoms with van der Waals surface area (Å²) in [6.07, 6.45) is -5.05. The molecule has 0 spiro atoms. The van der Waals surface area contributed by atoms with Crippen LogP contribution in [0.2, 0.25) is 0 Å². The van der Waals surface area contributed by atoms with E-state index in [0.29, 0.717) is 0 Å². The Morgan fingerprint density at radius 3 is 2.41 bits per heavy atom. The molecule has 1 atom stereocenters. The minimum atomic E-state index is -4.59. The van der Waals surface area contributed by atoms with Crippen molar-refractivity contribution in [3.05, 3.63) is 17.5 Å². The molecule has 0 aliphatic rings. The van der Waals surface area contributed by atoms with Gasteiger partial charge in [-0.15, -0.1) is 0 Å². The molecule has 2 N–H and O–H groups in total. The van der Waals surface area contributed by atoms with E-state index in [1.54, 1.807) is 0 Å². The van der Waals surface area contributed by atoms with E-state index >= 15 is 0 Å². The Labute approximate surface area is 94.5 Å². The number of halogens is 3. The van der Waals surface area contributed by atoms with Crippen molar-refractivity contribution < 1.29 is 28.2 Å². The SMILES string of the molecule is Cn1nc(C(F)(F)F)cc1CC(C)(O)C(=O)O. The van der Waals surface area contributed by atoms with Gasteiger partial charge in [0.25, 0.3) is 0 Å². The van der Waals surface area contributed by atoms with E-state index in [4.69, 9.17) is 5.11 Å². The van der Waals surface area contributed by atoms with E-state index in [1.807, 2.05) is 0 Å². The number of aromatic nitrogens is 2. The molecule has 8 heteroatoms. The van der Waals surface area contributed by atoms with E-state index in [2.05, 4.69) is 5.10 Å². The molecule has 0 saturated carbocycles. The van der Waals surface area contributed by atoms with Gasteiger partial charge < -0.3 is 10.2 Å². The lowest BCUT2D eigenvalue weighted by molar-refractivity contribution is -0.156. The molecule has 0 fully saturated rings. The van der Waals surface area contributed by atoms with Gasteiger partial charge in [0.15, 0.2) is 11.3 Å². The highest BCUT2D eigenvalue weighted by Crippen LogP contribution is 2.29. The predicted molar refractivity (Wildman–Crippen MR) is 50.2 cm³/mol. The van der Waals surface area contributed by atoms with E-state index in [-0.39, 0.29) is 5.69 Å². The molecule has 0 bridgehead atoms. The Morgan fingerprint density at radius 2 is 2.06 bits per heavy atom. The summed E-state index contributed by atoms with van der Waals surface area (Å²) in [6.45, 7) is 1.01. The monoisotopic (exact) mass is 252 g/mol. The lowest BCUT2D eigenvalue weighted by atomic mass is 10.0. The molecule has 1 rings (SSSR count). The molecule has 0 radical (unpaired) electrons. The Kier molecular flexibility index (Phi) is 3.19. The molecule has 0 saturated heterocycles. The number of alkyl halides is 3. The average Bonchev–Trinajstić information content (AvgIpc) is 2.46. The van der Waals surface area contributed by atoms with E-state index in [1.165, 1.54) is 7.05 Å². The molecule has 5 nitrogen and oxygen atoms in total. The zero-order chi connectivity index (χ0) is 13.4.